The molecule has 0 nitrogen and oxygen atoms in total. The molecule has 2 aromatic rings. The van der Waals surface area contributed by atoms with E-state index in [0.717, 1.165) is 17.6 Å². The largest absolute Gasteiger partial charge is 0.207 e. The van der Waals surface area contributed by atoms with Crippen LogP contribution in [-0.2, 0) is 0 Å². The van der Waals surface area contributed by atoms with Gasteiger partial charge in [-0.3, -0.25) is 0 Å². The maximum absolute atomic E-state index is 13.3. The molecule has 0 aliphatic heterocycles. The Morgan fingerprint density at radius 3 is 2.33 bits per heavy atom. The summed E-state index contributed by atoms with van der Waals surface area (Å²) in [5, 5.41) is 0. The van der Waals surface area contributed by atoms with Crippen molar-refractivity contribution in [3.05, 3.63) is 60.2 Å². The summed E-state index contributed by atoms with van der Waals surface area (Å²) in [7, 11) is 0. The second-order valence-electron chi connectivity index (χ2n) is 3.58. The molecule has 0 aliphatic rings. The molecule has 2 rings (SSSR count). The van der Waals surface area contributed by atoms with E-state index in [9.17, 15) is 8.78 Å². The van der Waals surface area contributed by atoms with Gasteiger partial charge in [-0.25, -0.2) is 8.78 Å². The number of hydrogen-bond donors (Lipinski definition) is 0. The normalized spacial score (nSPS) is 10.6. The Morgan fingerprint density at radius 2 is 1.56 bits per heavy atom. The Kier molecular flexibility index (Phi) is 5.08. The molecule has 4 heteroatoms. The first-order valence-corrected chi connectivity index (χ1v) is 7.48. The van der Waals surface area contributed by atoms with Crippen LogP contribution < -0.4 is 0 Å². The summed E-state index contributed by atoms with van der Waals surface area (Å²) in [5.41, 5.74) is 0. The molecule has 0 heterocycles. The molecule has 0 aliphatic carbocycles. The van der Waals surface area contributed by atoms with E-state index in [4.69, 9.17) is 0 Å². The van der Waals surface area contributed by atoms with Crippen molar-refractivity contribution >= 4 is 23.5 Å². The lowest BCUT2D eigenvalue weighted by Crippen LogP contribution is -1.88. The van der Waals surface area contributed by atoms with Crippen LogP contribution in [0, 0.1) is 11.6 Å². The van der Waals surface area contributed by atoms with Crippen molar-refractivity contribution in [1.82, 2.24) is 0 Å². The molecule has 0 atom stereocenters. The minimum atomic E-state index is -0.394. The van der Waals surface area contributed by atoms with Crippen LogP contribution in [0.25, 0.3) is 0 Å². The molecule has 0 unspecified atom stereocenters. The van der Waals surface area contributed by atoms with Gasteiger partial charge in [0.2, 0.25) is 0 Å². The zero-order chi connectivity index (χ0) is 12.8. The molecule has 0 saturated carbocycles. The maximum Gasteiger partial charge on any atom is 0.136 e. The van der Waals surface area contributed by atoms with Crippen LogP contribution >= 0.6 is 23.5 Å². The van der Waals surface area contributed by atoms with Gasteiger partial charge in [-0.2, -0.15) is 0 Å². The summed E-state index contributed by atoms with van der Waals surface area (Å²) in [6.07, 6.45) is 0. The first-order valence-electron chi connectivity index (χ1n) is 5.51. The van der Waals surface area contributed by atoms with Crippen molar-refractivity contribution < 1.29 is 8.78 Å². The Balaban J connectivity index is 1.80. The molecule has 94 valence electrons. The van der Waals surface area contributed by atoms with Crippen molar-refractivity contribution in [3.8, 4) is 0 Å². The number of halogens is 2. The molecular weight excluding hydrogens is 270 g/mol. The van der Waals surface area contributed by atoms with Crippen molar-refractivity contribution in [2.75, 3.05) is 11.5 Å². The predicted molar refractivity (Wildman–Crippen MR) is 74.2 cm³/mol. The smallest absolute Gasteiger partial charge is 0.136 e. The number of hydrogen-bond acceptors (Lipinski definition) is 2. The minimum absolute atomic E-state index is 0.355. The van der Waals surface area contributed by atoms with Crippen molar-refractivity contribution in [2.45, 2.75) is 9.79 Å². The third-order valence-corrected chi connectivity index (χ3v) is 4.55. The Morgan fingerprint density at radius 1 is 0.833 bits per heavy atom. The van der Waals surface area contributed by atoms with E-state index in [0.29, 0.717) is 4.90 Å². The highest BCUT2D eigenvalue weighted by Crippen LogP contribution is 2.25. The van der Waals surface area contributed by atoms with Crippen LogP contribution in [0.2, 0.25) is 0 Å². The van der Waals surface area contributed by atoms with E-state index in [-0.39, 0.29) is 5.82 Å². The molecule has 0 fully saturated rings. The van der Waals surface area contributed by atoms with Gasteiger partial charge in [0, 0.05) is 21.3 Å². The van der Waals surface area contributed by atoms with Crippen molar-refractivity contribution in [2.24, 2.45) is 0 Å². The molecule has 18 heavy (non-hydrogen) atoms. The molecule has 0 N–H and O–H groups in total. The lowest BCUT2D eigenvalue weighted by atomic mass is 10.3. The number of thioether (sulfide) groups is 2. The highest BCUT2D eigenvalue weighted by molar-refractivity contribution is 8.03. The minimum Gasteiger partial charge on any atom is -0.207 e. The molecule has 0 spiro atoms. The van der Waals surface area contributed by atoms with Crippen LogP contribution in [0.15, 0.2) is 58.3 Å². The zero-order valence-electron chi connectivity index (χ0n) is 9.61. The standard InChI is InChI=1S/C14H12F2S2/c15-11-6-7-13(16)14(10-11)18-9-8-17-12-4-2-1-3-5-12/h1-7,10H,8-9H2. The van der Waals surface area contributed by atoms with E-state index in [2.05, 4.69) is 0 Å². The average Bonchev–Trinajstić information content (AvgIpc) is 2.40. The molecule has 0 bridgehead atoms. The second-order valence-corrected chi connectivity index (χ2v) is 5.89. The SMILES string of the molecule is Fc1ccc(F)c(SCCSc2ccccc2)c1. The molecule has 0 saturated heterocycles. The van der Waals surface area contributed by atoms with E-state index < -0.39 is 5.82 Å². The summed E-state index contributed by atoms with van der Waals surface area (Å²) in [6.45, 7) is 0. The van der Waals surface area contributed by atoms with Crippen molar-refractivity contribution in [1.29, 1.82) is 0 Å². The fourth-order valence-corrected chi connectivity index (χ4v) is 3.29. The van der Waals surface area contributed by atoms with Crippen LogP contribution in [0.5, 0.6) is 0 Å². The third-order valence-electron chi connectivity index (χ3n) is 2.25. The van der Waals surface area contributed by atoms with Gasteiger partial charge in [0.05, 0.1) is 0 Å². The van der Waals surface area contributed by atoms with Gasteiger partial charge in [-0.05, 0) is 30.3 Å². The fraction of sp³-hybridized carbons (Fsp3) is 0.143. The summed E-state index contributed by atoms with van der Waals surface area (Å²) in [4.78, 5) is 1.57. The third kappa shape index (κ3) is 4.03. The van der Waals surface area contributed by atoms with E-state index >= 15 is 0 Å². The highest BCUT2D eigenvalue weighted by atomic mass is 32.2. The van der Waals surface area contributed by atoms with E-state index in [1.165, 1.54) is 28.8 Å². The van der Waals surface area contributed by atoms with Gasteiger partial charge in [-0.15, -0.1) is 23.5 Å². The van der Waals surface area contributed by atoms with Crippen LogP contribution in [-0.4, -0.2) is 11.5 Å². The second kappa shape index (κ2) is 6.81. The number of rotatable bonds is 5. The van der Waals surface area contributed by atoms with Crippen molar-refractivity contribution in [3.63, 3.8) is 0 Å². The van der Waals surface area contributed by atoms with Gasteiger partial charge in [0.1, 0.15) is 11.6 Å². The summed E-state index contributed by atoms with van der Waals surface area (Å²) < 4.78 is 26.3. The quantitative estimate of drug-likeness (QED) is 0.568. The molecule has 0 radical (unpaired) electrons. The van der Waals surface area contributed by atoms with Gasteiger partial charge in [-0.1, -0.05) is 18.2 Å². The molecular formula is C14H12F2S2. The van der Waals surface area contributed by atoms with Gasteiger partial charge >= 0.3 is 0 Å². The molecule has 0 aromatic heterocycles. The maximum atomic E-state index is 13.3. The van der Waals surface area contributed by atoms with Gasteiger partial charge < -0.3 is 0 Å². The van der Waals surface area contributed by atoms with E-state index in [1.54, 1.807) is 11.8 Å². The summed E-state index contributed by atoms with van der Waals surface area (Å²) in [6, 6.07) is 13.6. The van der Waals surface area contributed by atoms with E-state index in [1.807, 2.05) is 30.3 Å². The average molecular weight is 282 g/mol. The Labute approximate surface area is 114 Å². The lowest BCUT2D eigenvalue weighted by molar-refractivity contribution is 0.577. The Hall–Kier alpha value is -1.00. The zero-order valence-corrected chi connectivity index (χ0v) is 11.2. The fourth-order valence-electron chi connectivity index (χ4n) is 1.42. The Bertz CT molecular complexity index is 500. The van der Waals surface area contributed by atoms with Gasteiger partial charge in [0.25, 0.3) is 0 Å². The lowest BCUT2D eigenvalue weighted by Gasteiger charge is -2.03. The van der Waals surface area contributed by atoms with Crippen LogP contribution in [0.1, 0.15) is 0 Å². The van der Waals surface area contributed by atoms with Gasteiger partial charge in [0.15, 0.2) is 0 Å². The van der Waals surface area contributed by atoms with Crippen LogP contribution in [0.4, 0.5) is 8.78 Å². The predicted octanol–water partition coefficient (Wildman–Crippen LogP) is 4.85. The first kappa shape index (κ1) is 13.4. The highest BCUT2D eigenvalue weighted by Gasteiger charge is 2.04. The molecule has 2 aromatic carbocycles. The summed E-state index contributed by atoms with van der Waals surface area (Å²) >= 11 is 3.06. The van der Waals surface area contributed by atoms with Crippen LogP contribution in [0.3, 0.4) is 0 Å². The number of benzene rings is 2. The molecule has 0 amide bonds. The topological polar surface area (TPSA) is 0 Å². The summed E-state index contributed by atoms with van der Waals surface area (Å²) in [5.74, 6) is 0.866. The first-order chi connectivity index (χ1) is 8.75. The monoisotopic (exact) mass is 282 g/mol.